The Morgan fingerprint density at radius 2 is 2.06 bits per heavy atom. The molecule has 0 aliphatic carbocycles. The van der Waals surface area contributed by atoms with Crippen LogP contribution < -0.4 is 5.32 Å². The highest BCUT2D eigenvalue weighted by Crippen LogP contribution is 2.07. The molecular weight excluding hydrogens is 200 g/mol. The Hall–Kier alpha value is -1.42. The van der Waals surface area contributed by atoms with E-state index in [0.29, 0.717) is 0 Å². The van der Waals surface area contributed by atoms with Crippen LogP contribution in [0.25, 0.3) is 5.65 Å². The fraction of sp³-hybridized carbons (Fsp3) is 0.500. The van der Waals surface area contributed by atoms with Crippen molar-refractivity contribution in [2.45, 2.75) is 39.8 Å². The van der Waals surface area contributed by atoms with Crippen molar-refractivity contribution in [2.75, 3.05) is 0 Å². The fourth-order valence-electron chi connectivity index (χ4n) is 1.51. The molecular formula is C12H18N4. The molecule has 86 valence electrons. The summed E-state index contributed by atoms with van der Waals surface area (Å²) in [5, 5.41) is 11.8. The van der Waals surface area contributed by atoms with Gasteiger partial charge in [0.1, 0.15) is 0 Å². The Balaban J connectivity index is 2.25. The van der Waals surface area contributed by atoms with Crippen LogP contribution in [-0.4, -0.2) is 20.1 Å². The minimum absolute atomic E-state index is 0.0938. The number of pyridine rings is 1. The molecule has 2 rings (SSSR count). The molecule has 0 aromatic carbocycles. The lowest BCUT2D eigenvalue weighted by atomic mass is 10.1. The van der Waals surface area contributed by atoms with Crippen LogP contribution in [0.2, 0.25) is 0 Å². The van der Waals surface area contributed by atoms with E-state index >= 15 is 0 Å². The molecule has 0 radical (unpaired) electrons. The number of aromatic nitrogens is 3. The van der Waals surface area contributed by atoms with E-state index in [0.717, 1.165) is 18.0 Å². The van der Waals surface area contributed by atoms with Crippen molar-refractivity contribution in [2.24, 2.45) is 0 Å². The molecule has 4 nitrogen and oxygen atoms in total. The molecule has 4 heteroatoms. The molecule has 16 heavy (non-hydrogen) atoms. The lowest BCUT2D eigenvalue weighted by Crippen LogP contribution is -2.35. The van der Waals surface area contributed by atoms with Gasteiger partial charge in [0, 0.05) is 11.7 Å². The van der Waals surface area contributed by atoms with Crippen LogP contribution in [0.1, 0.15) is 32.2 Å². The summed E-state index contributed by atoms with van der Waals surface area (Å²) in [6.45, 7) is 9.20. The first-order valence-electron chi connectivity index (χ1n) is 5.51. The van der Waals surface area contributed by atoms with Crippen molar-refractivity contribution in [3.05, 3.63) is 29.7 Å². The van der Waals surface area contributed by atoms with Gasteiger partial charge in [0.15, 0.2) is 11.5 Å². The van der Waals surface area contributed by atoms with Crippen molar-refractivity contribution in [1.29, 1.82) is 0 Å². The van der Waals surface area contributed by atoms with E-state index < -0.39 is 0 Å². The first-order valence-corrected chi connectivity index (χ1v) is 5.51. The van der Waals surface area contributed by atoms with Crippen LogP contribution in [0.5, 0.6) is 0 Å². The van der Waals surface area contributed by atoms with E-state index in [9.17, 15) is 0 Å². The molecule has 0 saturated carbocycles. The molecule has 2 aromatic heterocycles. The highest BCUT2D eigenvalue weighted by Gasteiger charge is 2.11. The van der Waals surface area contributed by atoms with Crippen molar-refractivity contribution in [3.63, 3.8) is 0 Å². The second-order valence-corrected chi connectivity index (χ2v) is 5.15. The van der Waals surface area contributed by atoms with Gasteiger partial charge in [-0.3, -0.25) is 4.40 Å². The van der Waals surface area contributed by atoms with Crippen LogP contribution in [0.3, 0.4) is 0 Å². The predicted molar refractivity (Wildman–Crippen MR) is 64.3 cm³/mol. The summed E-state index contributed by atoms with van der Waals surface area (Å²) in [5.74, 6) is 0.949. The van der Waals surface area contributed by atoms with Crippen LogP contribution in [0, 0.1) is 6.92 Å². The molecule has 0 fully saturated rings. The fourth-order valence-corrected chi connectivity index (χ4v) is 1.51. The quantitative estimate of drug-likeness (QED) is 0.837. The summed E-state index contributed by atoms with van der Waals surface area (Å²) in [7, 11) is 0. The summed E-state index contributed by atoms with van der Waals surface area (Å²) in [6.07, 6.45) is 2.02. The van der Waals surface area contributed by atoms with E-state index in [1.54, 1.807) is 0 Å². The molecule has 2 heterocycles. The standard InChI is InChI=1S/C12H18N4/c1-9-5-6-16-10(7-9)14-15-11(16)8-13-12(2,3)4/h5-7,13H,8H2,1-4H3. The van der Waals surface area contributed by atoms with Gasteiger partial charge in [-0.15, -0.1) is 10.2 Å². The zero-order chi connectivity index (χ0) is 11.8. The Labute approximate surface area is 95.7 Å². The minimum Gasteiger partial charge on any atom is -0.305 e. The third-order valence-corrected chi connectivity index (χ3v) is 2.41. The average Bonchev–Trinajstić information content (AvgIpc) is 2.56. The molecule has 0 amide bonds. The van der Waals surface area contributed by atoms with Crippen LogP contribution >= 0.6 is 0 Å². The smallest absolute Gasteiger partial charge is 0.161 e. The van der Waals surface area contributed by atoms with Gasteiger partial charge in [0.2, 0.25) is 0 Å². The van der Waals surface area contributed by atoms with E-state index in [1.807, 2.05) is 16.7 Å². The highest BCUT2D eigenvalue weighted by atomic mass is 15.3. The summed E-state index contributed by atoms with van der Waals surface area (Å²) in [5.41, 5.74) is 2.21. The average molecular weight is 218 g/mol. The Bertz CT molecular complexity index is 493. The lowest BCUT2D eigenvalue weighted by molar-refractivity contribution is 0.416. The van der Waals surface area contributed by atoms with Crippen molar-refractivity contribution >= 4 is 5.65 Å². The summed E-state index contributed by atoms with van der Waals surface area (Å²) in [4.78, 5) is 0. The van der Waals surface area contributed by atoms with Gasteiger partial charge >= 0.3 is 0 Å². The molecule has 0 spiro atoms. The van der Waals surface area contributed by atoms with Gasteiger partial charge in [-0.2, -0.15) is 0 Å². The second kappa shape index (κ2) is 3.87. The number of nitrogens with zero attached hydrogens (tertiary/aromatic N) is 3. The van der Waals surface area contributed by atoms with Crippen molar-refractivity contribution < 1.29 is 0 Å². The molecule has 0 atom stereocenters. The largest absolute Gasteiger partial charge is 0.305 e. The number of hydrogen-bond acceptors (Lipinski definition) is 3. The van der Waals surface area contributed by atoms with Crippen molar-refractivity contribution in [1.82, 2.24) is 19.9 Å². The maximum atomic E-state index is 4.19. The topological polar surface area (TPSA) is 42.2 Å². The molecule has 0 aliphatic heterocycles. The molecule has 2 aromatic rings. The molecule has 1 N–H and O–H groups in total. The first kappa shape index (κ1) is 11.1. The maximum Gasteiger partial charge on any atom is 0.161 e. The third kappa shape index (κ3) is 2.39. The second-order valence-electron chi connectivity index (χ2n) is 5.15. The SMILES string of the molecule is Cc1ccn2c(CNC(C)(C)C)nnc2c1. The zero-order valence-corrected chi connectivity index (χ0v) is 10.3. The zero-order valence-electron chi connectivity index (χ0n) is 10.3. The Morgan fingerprint density at radius 1 is 1.31 bits per heavy atom. The van der Waals surface area contributed by atoms with Gasteiger partial charge in [0.05, 0.1) is 6.54 Å². The number of fused-ring (bicyclic) bond motifs is 1. The van der Waals surface area contributed by atoms with E-state index in [4.69, 9.17) is 0 Å². The Kier molecular flexibility index (Phi) is 2.68. The highest BCUT2D eigenvalue weighted by molar-refractivity contribution is 5.40. The molecule has 0 saturated heterocycles. The minimum atomic E-state index is 0.0938. The lowest BCUT2D eigenvalue weighted by Gasteiger charge is -2.19. The third-order valence-electron chi connectivity index (χ3n) is 2.41. The van der Waals surface area contributed by atoms with Gasteiger partial charge in [-0.1, -0.05) is 0 Å². The van der Waals surface area contributed by atoms with Crippen LogP contribution in [0.15, 0.2) is 18.3 Å². The van der Waals surface area contributed by atoms with Gasteiger partial charge in [-0.05, 0) is 45.4 Å². The Morgan fingerprint density at radius 3 is 2.75 bits per heavy atom. The molecule has 0 unspecified atom stereocenters. The van der Waals surface area contributed by atoms with Gasteiger partial charge in [-0.25, -0.2) is 0 Å². The summed E-state index contributed by atoms with van der Waals surface area (Å²) < 4.78 is 2.02. The van der Waals surface area contributed by atoms with Crippen LogP contribution in [-0.2, 0) is 6.54 Å². The van der Waals surface area contributed by atoms with E-state index in [1.165, 1.54) is 5.56 Å². The van der Waals surface area contributed by atoms with Crippen LogP contribution in [0.4, 0.5) is 0 Å². The van der Waals surface area contributed by atoms with E-state index in [-0.39, 0.29) is 5.54 Å². The summed E-state index contributed by atoms with van der Waals surface area (Å²) in [6, 6.07) is 4.10. The molecule has 0 aliphatic rings. The van der Waals surface area contributed by atoms with Gasteiger partial charge < -0.3 is 5.32 Å². The maximum absolute atomic E-state index is 4.19. The van der Waals surface area contributed by atoms with E-state index in [2.05, 4.69) is 49.3 Å². The monoisotopic (exact) mass is 218 g/mol. The normalized spacial score (nSPS) is 12.2. The van der Waals surface area contributed by atoms with Gasteiger partial charge in [0.25, 0.3) is 0 Å². The molecule has 0 bridgehead atoms. The summed E-state index contributed by atoms with van der Waals surface area (Å²) >= 11 is 0. The number of aryl methyl sites for hydroxylation is 1. The van der Waals surface area contributed by atoms with Crippen molar-refractivity contribution in [3.8, 4) is 0 Å². The number of nitrogens with one attached hydrogen (secondary N) is 1. The number of rotatable bonds is 2. The first-order chi connectivity index (χ1) is 7.46. The predicted octanol–water partition coefficient (Wildman–Crippen LogP) is 1.93. The number of hydrogen-bond donors (Lipinski definition) is 1.